The average molecular weight is 1120 g/mol. The summed E-state index contributed by atoms with van der Waals surface area (Å²) >= 11 is 1.99. The molecule has 3 nitrogen and oxygen atoms in total. The molecular weight excluding hydrogens is 1050 g/mol. The molecule has 0 radical (unpaired) electrons. The van der Waals surface area contributed by atoms with Gasteiger partial charge in [0.15, 0.2) is 0 Å². The second kappa shape index (κ2) is 20.1. The van der Waals surface area contributed by atoms with Crippen LogP contribution in [0.2, 0.25) is 0 Å². The standard InChI is InChI=1S/C80H76BN3S/c1-13-79(9,10)52-34-39-58(40-35-52)83-70-43-37-55(80(11,12)14-2)48-68(70)81-74-71(83)49-59(82(56-25-17-15-18-26-56)57-27-19-16-20-28-57)50-72(74)84(75-67-47-54(78(6,7)8)38-44-73(67)85-76(75)81)69-42-36-53(77(3,4)5)46-65(69)51-33-41-64-62-31-22-21-29-60(62)61-30-23-24-32-63(61)66(64)45-51/h15-50H,13-14H2,1-12H3. The van der Waals surface area contributed by atoms with Crippen molar-refractivity contribution >= 4 is 127 Å². The van der Waals surface area contributed by atoms with E-state index in [9.17, 15) is 0 Å². The van der Waals surface area contributed by atoms with Crippen LogP contribution in [0.3, 0.4) is 0 Å². The predicted molar refractivity (Wildman–Crippen MR) is 373 cm³/mol. The first-order chi connectivity index (χ1) is 40.8. The van der Waals surface area contributed by atoms with Crippen molar-refractivity contribution in [2.45, 2.75) is 118 Å². The fourth-order valence-corrected chi connectivity index (χ4v) is 14.9. The number of nitrogens with zero attached hydrogens (tertiary/aromatic N) is 3. The molecule has 14 rings (SSSR count). The number of benzene rings is 11. The van der Waals surface area contributed by atoms with Crippen molar-refractivity contribution in [3.8, 4) is 11.1 Å². The normalized spacial score (nSPS) is 13.4. The maximum absolute atomic E-state index is 2.73. The van der Waals surface area contributed by atoms with Crippen LogP contribution >= 0.6 is 11.3 Å². The van der Waals surface area contributed by atoms with E-state index in [0.717, 1.165) is 41.3 Å². The van der Waals surface area contributed by atoms with Gasteiger partial charge in [0, 0.05) is 54.6 Å². The van der Waals surface area contributed by atoms with Gasteiger partial charge in [-0.25, -0.2) is 0 Å². The number of rotatable bonds is 10. The van der Waals surface area contributed by atoms with Gasteiger partial charge in [-0.15, -0.1) is 11.3 Å². The molecule has 11 aromatic carbocycles. The maximum atomic E-state index is 2.73. The lowest BCUT2D eigenvalue weighted by Gasteiger charge is -2.45. The maximum Gasteiger partial charge on any atom is 0.264 e. The molecule has 0 fully saturated rings. The van der Waals surface area contributed by atoms with Gasteiger partial charge in [-0.05, 0) is 190 Å². The lowest BCUT2D eigenvalue weighted by atomic mass is 9.36. The number of hydrogen-bond acceptors (Lipinski definition) is 4. The molecule has 5 heteroatoms. The Labute approximate surface area is 508 Å². The van der Waals surface area contributed by atoms with E-state index < -0.39 is 0 Å². The monoisotopic (exact) mass is 1120 g/mol. The number of para-hydroxylation sites is 2. The predicted octanol–water partition coefficient (Wildman–Crippen LogP) is 21.6. The second-order valence-electron chi connectivity index (χ2n) is 27.4. The Bertz CT molecular complexity index is 4520. The van der Waals surface area contributed by atoms with E-state index in [0.29, 0.717) is 0 Å². The lowest BCUT2D eigenvalue weighted by molar-refractivity contribution is 0.506. The molecule has 0 N–H and O–H groups in total. The largest absolute Gasteiger partial charge is 0.311 e. The molecule has 0 atom stereocenters. The summed E-state index contributed by atoms with van der Waals surface area (Å²) in [6.45, 7) is 28.3. The van der Waals surface area contributed by atoms with Crippen molar-refractivity contribution < 1.29 is 0 Å². The minimum absolute atomic E-state index is 0.0339. The smallest absolute Gasteiger partial charge is 0.264 e. The molecule has 0 spiro atoms. The zero-order chi connectivity index (χ0) is 58.9. The molecule has 12 aromatic rings. The van der Waals surface area contributed by atoms with E-state index in [1.165, 1.54) is 114 Å². The Hall–Kier alpha value is -8.38. The first-order valence-corrected chi connectivity index (χ1v) is 31.6. The van der Waals surface area contributed by atoms with E-state index in [1.807, 2.05) is 11.3 Å². The van der Waals surface area contributed by atoms with Crippen molar-refractivity contribution in [1.82, 2.24) is 0 Å². The fourth-order valence-electron chi connectivity index (χ4n) is 13.6. The highest BCUT2D eigenvalue weighted by molar-refractivity contribution is 7.33. The van der Waals surface area contributed by atoms with E-state index in [4.69, 9.17) is 0 Å². The SMILES string of the molecule is CCC(C)(C)c1ccc(N2c3ccc(C(C)(C)CC)cc3B3c4sc5ccc(C(C)(C)C)cc5c4N(c4ccc(C(C)(C)C)cc4-c4ccc5c6ccccc6c6ccccc6c5c4)c4cc(N(c5ccccc5)c5ccccc5)cc2c43)cc1. The topological polar surface area (TPSA) is 9.72 Å². The van der Waals surface area contributed by atoms with Gasteiger partial charge >= 0.3 is 0 Å². The Morgan fingerprint density at radius 1 is 0.388 bits per heavy atom. The summed E-state index contributed by atoms with van der Waals surface area (Å²) in [6, 6.07) is 84.1. The summed E-state index contributed by atoms with van der Waals surface area (Å²) in [4.78, 5) is 7.82. The molecule has 85 heavy (non-hydrogen) atoms. The quantitative estimate of drug-likeness (QED) is 0.0998. The number of hydrogen-bond donors (Lipinski definition) is 0. The van der Waals surface area contributed by atoms with E-state index >= 15 is 0 Å². The molecule has 0 amide bonds. The zero-order valence-electron chi connectivity index (χ0n) is 51.5. The summed E-state index contributed by atoms with van der Waals surface area (Å²) < 4.78 is 2.67. The molecule has 3 heterocycles. The van der Waals surface area contributed by atoms with Crippen LogP contribution in [-0.2, 0) is 21.7 Å². The third-order valence-corrected chi connectivity index (χ3v) is 20.6. The van der Waals surface area contributed by atoms with Gasteiger partial charge < -0.3 is 14.7 Å². The molecule has 2 aliphatic heterocycles. The zero-order valence-corrected chi connectivity index (χ0v) is 52.3. The molecule has 0 unspecified atom stereocenters. The van der Waals surface area contributed by atoms with Gasteiger partial charge in [0.25, 0.3) is 6.71 Å². The third-order valence-electron chi connectivity index (χ3n) is 19.4. The molecule has 0 bridgehead atoms. The van der Waals surface area contributed by atoms with Gasteiger partial charge in [-0.3, -0.25) is 0 Å². The van der Waals surface area contributed by atoms with Crippen LogP contribution < -0.4 is 30.4 Å². The van der Waals surface area contributed by atoms with Crippen molar-refractivity contribution in [2.75, 3.05) is 14.7 Å². The highest BCUT2D eigenvalue weighted by atomic mass is 32.1. The van der Waals surface area contributed by atoms with Gasteiger partial charge in [0.2, 0.25) is 0 Å². The van der Waals surface area contributed by atoms with Gasteiger partial charge in [-0.1, -0.05) is 217 Å². The van der Waals surface area contributed by atoms with Crippen LogP contribution in [0.25, 0.3) is 53.5 Å². The van der Waals surface area contributed by atoms with Crippen LogP contribution in [0, 0.1) is 0 Å². The Morgan fingerprint density at radius 3 is 1.47 bits per heavy atom. The Morgan fingerprint density at radius 2 is 0.882 bits per heavy atom. The van der Waals surface area contributed by atoms with Crippen molar-refractivity contribution in [3.05, 3.63) is 241 Å². The van der Waals surface area contributed by atoms with E-state index in [2.05, 4.69) is 316 Å². The number of anilines is 9. The van der Waals surface area contributed by atoms with E-state index in [1.54, 1.807) is 0 Å². The van der Waals surface area contributed by atoms with Crippen LogP contribution in [0.1, 0.15) is 118 Å². The second-order valence-corrected chi connectivity index (χ2v) is 28.5. The summed E-state index contributed by atoms with van der Waals surface area (Å²) in [6.07, 6.45) is 2.08. The first kappa shape index (κ1) is 54.6. The summed E-state index contributed by atoms with van der Waals surface area (Å²) in [5.74, 6) is 0. The van der Waals surface area contributed by atoms with Crippen LogP contribution in [-0.4, -0.2) is 6.71 Å². The highest BCUT2D eigenvalue weighted by Crippen LogP contribution is 2.54. The molecule has 1 aromatic heterocycles. The van der Waals surface area contributed by atoms with Crippen LogP contribution in [0.4, 0.5) is 51.2 Å². The minimum Gasteiger partial charge on any atom is -0.311 e. The van der Waals surface area contributed by atoms with Gasteiger partial charge in [0.1, 0.15) is 0 Å². The molecule has 2 aliphatic rings. The number of thiophene rings is 1. The van der Waals surface area contributed by atoms with Crippen LogP contribution in [0.15, 0.2) is 218 Å². The van der Waals surface area contributed by atoms with Crippen LogP contribution in [0.5, 0.6) is 0 Å². The molecule has 420 valence electrons. The third kappa shape index (κ3) is 8.98. The summed E-state index contributed by atoms with van der Waals surface area (Å²) in [7, 11) is 0. The van der Waals surface area contributed by atoms with Crippen molar-refractivity contribution in [1.29, 1.82) is 0 Å². The highest BCUT2D eigenvalue weighted by Gasteiger charge is 2.47. The van der Waals surface area contributed by atoms with E-state index in [-0.39, 0.29) is 28.4 Å². The Balaban J connectivity index is 1.15. The lowest BCUT2D eigenvalue weighted by Crippen LogP contribution is -2.60. The number of fused-ring (bicyclic) bond motifs is 12. The molecule has 0 saturated carbocycles. The fraction of sp³-hybridized carbons (Fsp3) is 0.225. The molecular formula is C80H76BN3S. The van der Waals surface area contributed by atoms with Gasteiger partial charge in [0.05, 0.1) is 17.1 Å². The summed E-state index contributed by atoms with van der Waals surface area (Å²) in [5.41, 5.74) is 20.7. The van der Waals surface area contributed by atoms with Crippen molar-refractivity contribution in [3.63, 3.8) is 0 Å². The minimum atomic E-state index is -0.122. The average Bonchev–Trinajstić information content (AvgIpc) is 2.53. The first-order valence-electron chi connectivity index (χ1n) is 30.8. The molecule has 0 aliphatic carbocycles. The van der Waals surface area contributed by atoms with Crippen molar-refractivity contribution in [2.24, 2.45) is 0 Å². The summed E-state index contributed by atoms with van der Waals surface area (Å²) in [5, 5.41) is 8.94. The van der Waals surface area contributed by atoms with Gasteiger partial charge in [-0.2, -0.15) is 0 Å². The molecule has 0 saturated heterocycles. The Kier molecular flexibility index (Phi) is 12.9.